The van der Waals surface area contributed by atoms with E-state index in [1.165, 1.54) is 27.7 Å². The highest BCUT2D eigenvalue weighted by Crippen LogP contribution is 2.46. The van der Waals surface area contributed by atoms with Crippen LogP contribution in [-0.2, 0) is 6.44 Å². The molecule has 3 rings (SSSR count). The first-order valence-electron chi connectivity index (χ1n) is 9.59. The molecule has 0 bridgehead atoms. The summed E-state index contributed by atoms with van der Waals surface area (Å²) in [6.07, 6.45) is 7.48. The van der Waals surface area contributed by atoms with Crippen LogP contribution in [0.3, 0.4) is 0 Å². The summed E-state index contributed by atoms with van der Waals surface area (Å²) in [6, 6.07) is 15.4. The number of nitrogens with zero attached hydrogens (tertiary/aromatic N) is 2. The van der Waals surface area contributed by atoms with Gasteiger partial charge in [-0.2, -0.15) is 0 Å². The maximum atomic E-state index is 2.50. The van der Waals surface area contributed by atoms with E-state index < -0.39 is 0 Å². The van der Waals surface area contributed by atoms with E-state index >= 15 is 0 Å². The van der Waals surface area contributed by atoms with Crippen LogP contribution in [-0.4, -0.2) is 16.7 Å². The van der Waals surface area contributed by atoms with Crippen molar-refractivity contribution in [3.05, 3.63) is 77.9 Å². The van der Waals surface area contributed by atoms with Gasteiger partial charge in [-0.05, 0) is 42.4 Å². The van der Waals surface area contributed by atoms with Gasteiger partial charge in [-0.3, -0.25) is 0 Å². The molecule has 27 heavy (non-hydrogen) atoms. The van der Waals surface area contributed by atoms with Crippen molar-refractivity contribution in [3.63, 3.8) is 0 Å². The van der Waals surface area contributed by atoms with Gasteiger partial charge in [0.25, 0.3) is 0 Å². The summed E-state index contributed by atoms with van der Waals surface area (Å²) in [6.45, 7) is 16.1. The van der Waals surface area contributed by atoms with Gasteiger partial charge in [-0.25, -0.2) is 9.13 Å². The molecule has 0 saturated carbocycles. The van der Waals surface area contributed by atoms with Crippen LogP contribution in [0.1, 0.15) is 37.5 Å². The highest BCUT2D eigenvalue weighted by atomic mass is 31.1. The largest absolute Gasteiger partial charge is 0.248 e. The maximum Gasteiger partial charge on any atom is 0.248 e. The van der Waals surface area contributed by atoms with Crippen molar-refractivity contribution in [1.82, 2.24) is 4.57 Å². The van der Waals surface area contributed by atoms with Crippen molar-refractivity contribution in [2.24, 2.45) is 0 Å². The minimum absolute atomic E-state index is 0.254. The third-order valence-corrected chi connectivity index (χ3v) is 7.65. The van der Waals surface area contributed by atoms with Gasteiger partial charge in [-0.1, -0.05) is 68.8 Å². The van der Waals surface area contributed by atoms with E-state index in [9.17, 15) is 0 Å². The molecule has 0 amide bonds. The zero-order valence-electron chi connectivity index (χ0n) is 17.4. The second kappa shape index (κ2) is 8.03. The molecule has 1 heterocycles. The van der Waals surface area contributed by atoms with Crippen LogP contribution in [0.25, 0.3) is 5.69 Å². The molecule has 1 aromatic heterocycles. The zero-order chi connectivity index (χ0) is 19.6. The predicted molar refractivity (Wildman–Crippen MR) is 119 cm³/mol. The highest BCUT2D eigenvalue weighted by Gasteiger charge is 2.27. The second-order valence-corrected chi connectivity index (χ2v) is 11.3. The molecular formula is C23H30BN2P+. The van der Waals surface area contributed by atoms with Gasteiger partial charge in [0.15, 0.2) is 0 Å². The average Bonchev–Trinajstić information content (AvgIpc) is 3.02. The van der Waals surface area contributed by atoms with Gasteiger partial charge in [0, 0.05) is 0 Å². The van der Waals surface area contributed by atoms with Crippen molar-refractivity contribution < 1.29 is 4.57 Å². The fourth-order valence-electron chi connectivity index (χ4n) is 3.75. The van der Waals surface area contributed by atoms with Gasteiger partial charge in [0.1, 0.15) is 18.1 Å². The first-order valence-corrected chi connectivity index (χ1v) is 11.0. The third-order valence-electron chi connectivity index (χ3n) is 4.82. The number of imidazole rings is 1. The lowest BCUT2D eigenvalue weighted by Gasteiger charge is -2.31. The minimum atomic E-state index is -0.337. The Morgan fingerprint density at radius 1 is 1.00 bits per heavy atom. The maximum absolute atomic E-state index is 2.50. The Labute approximate surface area is 166 Å². The summed E-state index contributed by atoms with van der Waals surface area (Å²) < 4.78 is 4.53. The van der Waals surface area contributed by atoms with E-state index in [0.717, 1.165) is 6.44 Å². The number of benzene rings is 2. The van der Waals surface area contributed by atoms with Crippen molar-refractivity contribution >= 4 is 20.1 Å². The minimum Gasteiger partial charge on any atom is -0.244 e. The van der Waals surface area contributed by atoms with Gasteiger partial charge in [0.2, 0.25) is 13.3 Å². The highest BCUT2D eigenvalue weighted by molar-refractivity contribution is 7.92. The molecule has 0 aliphatic rings. The summed E-state index contributed by atoms with van der Waals surface area (Å²) in [4.78, 5) is 0. The van der Waals surface area contributed by atoms with Crippen LogP contribution < -0.4 is 9.87 Å². The number of hydrogen-bond donors (Lipinski definition) is 0. The molecule has 0 aliphatic heterocycles. The van der Waals surface area contributed by atoms with E-state index in [1.807, 2.05) is 0 Å². The third kappa shape index (κ3) is 4.71. The quantitative estimate of drug-likeness (QED) is 0.341. The average molecular weight is 376 g/mol. The number of aromatic nitrogens is 2. The number of aryl methyl sites for hydroxylation is 3. The number of rotatable bonds is 5. The lowest BCUT2D eigenvalue weighted by molar-refractivity contribution is -0.678. The van der Waals surface area contributed by atoms with Crippen LogP contribution in [0.15, 0.2) is 61.2 Å². The predicted octanol–water partition coefficient (Wildman–Crippen LogP) is 4.87. The monoisotopic (exact) mass is 376 g/mol. The fraction of sp³-hybridized carbons (Fsp3) is 0.348. The lowest BCUT2D eigenvalue weighted by atomic mass is 10.1. The Hall–Kier alpha value is -1.86. The molecule has 0 spiro atoms. The van der Waals surface area contributed by atoms with Crippen LogP contribution in [0.2, 0.25) is 0 Å². The molecule has 4 heteroatoms. The summed E-state index contributed by atoms with van der Waals surface area (Å²) in [5, 5.41) is 1.70. The standard InChI is InChI=1S/C23H30BN2P/c1-18-14-19(2)22(20(3)15-18)26-13-12-25(17-26)16-24-27(23(4,5)6)21-10-8-7-9-11-21/h7-15,17H,16H2,1-6H3/q+1. The van der Waals surface area contributed by atoms with Crippen molar-refractivity contribution in [3.8, 4) is 5.69 Å². The van der Waals surface area contributed by atoms with E-state index in [2.05, 4.69) is 119 Å². The molecule has 1 atom stereocenters. The van der Waals surface area contributed by atoms with Crippen molar-refractivity contribution in [1.29, 1.82) is 0 Å². The zero-order valence-corrected chi connectivity index (χ0v) is 18.3. The van der Waals surface area contributed by atoms with Gasteiger partial charge >= 0.3 is 0 Å². The summed E-state index contributed by atoms with van der Waals surface area (Å²) in [5.41, 5.74) is 5.25. The second-order valence-electron chi connectivity index (χ2n) is 8.32. The molecule has 2 aromatic carbocycles. The van der Waals surface area contributed by atoms with Gasteiger partial charge in [-0.15, -0.1) is 7.80 Å². The van der Waals surface area contributed by atoms with E-state index in [1.54, 1.807) is 0 Å². The number of hydrogen-bond acceptors (Lipinski definition) is 0. The van der Waals surface area contributed by atoms with E-state index in [4.69, 9.17) is 0 Å². The lowest BCUT2D eigenvalue weighted by Crippen LogP contribution is -2.37. The smallest absolute Gasteiger partial charge is 0.244 e. The van der Waals surface area contributed by atoms with Crippen LogP contribution in [0.5, 0.6) is 0 Å². The first kappa shape index (κ1) is 19.9. The SMILES string of the molecule is Cc1cc(C)c(-n2cc[n+](C[B]P(c3ccccc3)C(C)(C)C)c2)c(C)c1. The molecule has 0 aliphatic carbocycles. The van der Waals surface area contributed by atoms with Crippen LogP contribution in [0, 0.1) is 20.8 Å². The van der Waals surface area contributed by atoms with Crippen LogP contribution in [0.4, 0.5) is 0 Å². The Balaban J connectivity index is 1.80. The Kier molecular flexibility index (Phi) is 5.91. The van der Waals surface area contributed by atoms with E-state index in [0.29, 0.717) is 0 Å². The topological polar surface area (TPSA) is 8.81 Å². The van der Waals surface area contributed by atoms with Gasteiger partial charge < -0.3 is 0 Å². The molecule has 0 fully saturated rings. The normalized spacial score (nSPS) is 12.8. The molecule has 0 saturated heterocycles. The van der Waals surface area contributed by atoms with Crippen molar-refractivity contribution in [2.75, 3.05) is 0 Å². The molecule has 139 valence electrons. The molecule has 2 nitrogen and oxygen atoms in total. The molecular weight excluding hydrogens is 346 g/mol. The summed E-state index contributed by atoms with van der Waals surface area (Å²) in [7, 11) is -0.337. The first-order chi connectivity index (χ1) is 12.8. The molecule has 1 unspecified atom stereocenters. The molecule has 3 aromatic rings. The summed E-state index contributed by atoms with van der Waals surface area (Å²) >= 11 is 0. The summed E-state index contributed by atoms with van der Waals surface area (Å²) in [5.74, 6) is 0. The fourth-order valence-corrected chi connectivity index (χ4v) is 6.12. The van der Waals surface area contributed by atoms with Gasteiger partial charge in [0.05, 0.1) is 6.44 Å². The Morgan fingerprint density at radius 2 is 1.63 bits per heavy atom. The Bertz CT molecular complexity index is 887. The van der Waals surface area contributed by atoms with E-state index in [-0.39, 0.29) is 13.0 Å². The molecule has 0 N–H and O–H groups in total. The Morgan fingerprint density at radius 3 is 2.22 bits per heavy atom. The van der Waals surface area contributed by atoms with Crippen LogP contribution >= 0.6 is 7.80 Å². The molecule has 1 radical (unpaired) electrons. The van der Waals surface area contributed by atoms with Crippen molar-refractivity contribution in [2.45, 2.75) is 53.1 Å².